The number of aryl methyl sites for hydroxylation is 1. The Kier molecular flexibility index (Phi) is 5.61. The lowest BCUT2D eigenvalue weighted by Gasteiger charge is -2.22. The summed E-state index contributed by atoms with van der Waals surface area (Å²) in [6.07, 6.45) is 2.57. The van der Waals surface area contributed by atoms with Crippen LogP contribution < -0.4 is 15.3 Å². The van der Waals surface area contributed by atoms with Gasteiger partial charge in [-0.25, -0.2) is 0 Å². The molecule has 1 aliphatic carbocycles. The smallest absolute Gasteiger partial charge is 0.229 e. The summed E-state index contributed by atoms with van der Waals surface area (Å²) in [6.45, 7) is 7.97. The first-order chi connectivity index (χ1) is 12.6. The van der Waals surface area contributed by atoms with Gasteiger partial charge in [-0.15, -0.1) is 0 Å². The van der Waals surface area contributed by atoms with E-state index in [0.717, 1.165) is 55.5 Å². The number of hydrogen-bond acceptors (Lipinski definition) is 3. The third-order valence-corrected chi connectivity index (χ3v) is 5.56. The summed E-state index contributed by atoms with van der Waals surface area (Å²) < 4.78 is 0. The summed E-state index contributed by atoms with van der Waals surface area (Å²) >= 11 is 0. The minimum atomic E-state index is -1.20. The molecule has 0 bridgehead atoms. The quantitative estimate of drug-likeness (QED) is 0.651. The molecule has 1 aromatic heterocycles. The van der Waals surface area contributed by atoms with E-state index in [1.54, 1.807) is 12.1 Å². The Bertz CT molecular complexity index is 808. The molecule has 1 aromatic carbocycles. The van der Waals surface area contributed by atoms with Gasteiger partial charge in [0, 0.05) is 16.6 Å². The van der Waals surface area contributed by atoms with Crippen LogP contribution in [0.3, 0.4) is 0 Å². The number of aromatic amines is 1. The number of quaternary nitrogens is 1. The molecule has 0 aliphatic heterocycles. The van der Waals surface area contributed by atoms with Crippen molar-refractivity contribution in [1.29, 1.82) is 0 Å². The van der Waals surface area contributed by atoms with Crippen molar-refractivity contribution in [3.05, 3.63) is 35.0 Å². The van der Waals surface area contributed by atoms with Crippen LogP contribution in [0.4, 0.5) is 0 Å². The standard InChI is InChI=1S/C20H27N3O3/c1-3-23(4-2)12-11-21-19(24)15-9-5-7-13-14-8-6-10-16(20(25)26)18(14)22-17(13)15/h6,8,10,15,22H,3-5,7,9,11-12H2,1-2H3,(H,21,24)(H,25,26)/t15-/m0/s1. The number of hydrogen-bond donors (Lipinski definition) is 3. The maximum Gasteiger partial charge on any atom is 0.229 e. The summed E-state index contributed by atoms with van der Waals surface area (Å²) in [5.74, 6) is -1.41. The molecule has 3 rings (SSSR count). The van der Waals surface area contributed by atoms with E-state index in [4.69, 9.17) is 0 Å². The predicted molar refractivity (Wildman–Crippen MR) is 98.2 cm³/mol. The van der Waals surface area contributed by atoms with Gasteiger partial charge in [-0.2, -0.15) is 0 Å². The summed E-state index contributed by atoms with van der Waals surface area (Å²) in [5, 5.41) is 15.4. The number of aromatic carboxylic acids is 1. The van der Waals surface area contributed by atoms with E-state index in [1.165, 1.54) is 4.90 Å². The summed E-state index contributed by atoms with van der Waals surface area (Å²) in [5.41, 5.74) is 2.67. The second-order valence-electron chi connectivity index (χ2n) is 6.98. The first-order valence-electron chi connectivity index (χ1n) is 9.52. The number of amides is 1. The lowest BCUT2D eigenvalue weighted by Crippen LogP contribution is -3.12. The van der Waals surface area contributed by atoms with Gasteiger partial charge in [0.1, 0.15) is 0 Å². The number of nitrogens with one attached hydrogen (secondary N) is 3. The molecule has 0 saturated carbocycles. The summed E-state index contributed by atoms with van der Waals surface area (Å²) in [6, 6.07) is 5.20. The molecule has 0 saturated heterocycles. The van der Waals surface area contributed by atoms with E-state index in [0.29, 0.717) is 12.1 Å². The number of carboxylic acids is 1. The van der Waals surface area contributed by atoms with Crippen LogP contribution in [-0.4, -0.2) is 43.0 Å². The molecule has 0 spiro atoms. The monoisotopic (exact) mass is 357 g/mol. The van der Waals surface area contributed by atoms with E-state index in [2.05, 4.69) is 24.1 Å². The van der Waals surface area contributed by atoms with Crippen LogP contribution in [0.15, 0.2) is 18.2 Å². The molecule has 0 unspecified atom stereocenters. The van der Waals surface area contributed by atoms with Gasteiger partial charge in [0.05, 0.1) is 43.6 Å². The largest absolute Gasteiger partial charge is 0.545 e. The van der Waals surface area contributed by atoms with Gasteiger partial charge < -0.3 is 25.1 Å². The van der Waals surface area contributed by atoms with Crippen molar-refractivity contribution < 1.29 is 19.6 Å². The van der Waals surface area contributed by atoms with Gasteiger partial charge in [-0.3, -0.25) is 4.79 Å². The number of aromatic nitrogens is 1. The average Bonchev–Trinajstić information content (AvgIpc) is 3.03. The van der Waals surface area contributed by atoms with Crippen LogP contribution >= 0.6 is 0 Å². The molecule has 140 valence electrons. The Morgan fingerprint density at radius 1 is 1.31 bits per heavy atom. The number of rotatable bonds is 7. The molecule has 6 heteroatoms. The summed E-state index contributed by atoms with van der Waals surface area (Å²) in [4.78, 5) is 28.8. The van der Waals surface area contributed by atoms with Gasteiger partial charge >= 0.3 is 0 Å². The molecule has 26 heavy (non-hydrogen) atoms. The van der Waals surface area contributed by atoms with Crippen molar-refractivity contribution >= 4 is 22.8 Å². The number of likely N-dealkylation sites (N-methyl/N-ethyl adjacent to an activating group) is 1. The van der Waals surface area contributed by atoms with Gasteiger partial charge in [0.15, 0.2) is 0 Å². The summed E-state index contributed by atoms with van der Waals surface area (Å²) in [7, 11) is 0. The molecule has 2 aromatic rings. The molecule has 0 fully saturated rings. The SMILES string of the molecule is CC[NH+](CC)CCNC(=O)[C@H]1CCCc2c1[nH]c1c(C(=O)[O-])cccc21. The number of carboxylic acid groups (broad SMARTS) is 1. The van der Waals surface area contributed by atoms with Crippen LogP contribution in [0.5, 0.6) is 0 Å². The molecule has 0 radical (unpaired) electrons. The highest BCUT2D eigenvalue weighted by molar-refractivity contribution is 6.03. The number of benzene rings is 1. The van der Waals surface area contributed by atoms with Crippen LogP contribution in [0.2, 0.25) is 0 Å². The highest BCUT2D eigenvalue weighted by Crippen LogP contribution is 2.37. The molecule has 1 amide bonds. The molecule has 1 heterocycles. The van der Waals surface area contributed by atoms with Crippen LogP contribution in [-0.2, 0) is 11.2 Å². The average molecular weight is 357 g/mol. The Labute approximate surface area is 153 Å². The van der Waals surface area contributed by atoms with E-state index in [1.807, 2.05) is 6.07 Å². The Morgan fingerprint density at radius 3 is 2.77 bits per heavy atom. The van der Waals surface area contributed by atoms with Crippen molar-refractivity contribution in [2.75, 3.05) is 26.2 Å². The van der Waals surface area contributed by atoms with E-state index >= 15 is 0 Å². The first kappa shape index (κ1) is 18.5. The van der Waals surface area contributed by atoms with E-state index in [9.17, 15) is 14.7 Å². The molecular formula is C20H27N3O3. The normalized spacial score (nSPS) is 16.7. The predicted octanol–water partition coefficient (Wildman–Crippen LogP) is -0.00780. The number of H-pyrrole nitrogens is 1. The number of para-hydroxylation sites is 1. The van der Waals surface area contributed by atoms with Crippen molar-refractivity contribution in [1.82, 2.24) is 10.3 Å². The fraction of sp³-hybridized carbons (Fsp3) is 0.500. The third kappa shape index (κ3) is 3.46. The highest BCUT2D eigenvalue weighted by Gasteiger charge is 2.30. The first-order valence-corrected chi connectivity index (χ1v) is 9.52. The Balaban J connectivity index is 1.82. The number of fused-ring (bicyclic) bond motifs is 3. The van der Waals surface area contributed by atoms with Crippen LogP contribution in [0.25, 0.3) is 10.9 Å². The second-order valence-corrected chi connectivity index (χ2v) is 6.98. The fourth-order valence-electron chi connectivity index (χ4n) is 4.01. The zero-order chi connectivity index (χ0) is 18.7. The number of carbonyl (C=O) groups is 2. The third-order valence-electron chi connectivity index (χ3n) is 5.56. The molecule has 6 nitrogen and oxygen atoms in total. The molecular weight excluding hydrogens is 330 g/mol. The minimum Gasteiger partial charge on any atom is -0.545 e. The van der Waals surface area contributed by atoms with Crippen molar-refractivity contribution in [2.45, 2.75) is 39.0 Å². The lowest BCUT2D eigenvalue weighted by molar-refractivity contribution is -0.895. The van der Waals surface area contributed by atoms with E-state index < -0.39 is 5.97 Å². The van der Waals surface area contributed by atoms with Crippen molar-refractivity contribution in [3.63, 3.8) is 0 Å². The van der Waals surface area contributed by atoms with Crippen molar-refractivity contribution in [3.8, 4) is 0 Å². The molecule has 3 N–H and O–H groups in total. The zero-order valence-electron chi connectivity index (χ0n) is 15.5. The maximum atomic E-state index is 12.7. The molecule has 1 atom stereocenters. The topological polar surface area (TPSA) is 89.5 Å². The lowest BCUT2D eigenvalue weighted by atomic mass is 9.86. The van der Waals surface area contributed by atoms with Crippen LogP contribution in [0, 0.1) is 0 Å². The minimum absolute atomic E-state index is 0.0269. The zero-order valence-corrected chi connectivity index (χ0v) is 15.5. The second kappa shape index (κ2) is 7.91. The van der Waals surface area contributed by atoms with Gasteiger partial charge in [-0.05, 0) is 38.7 Å². The maximum absolute atomic E-state index is 12.7. The highest BCUT2D eigenvalue weighted by atomic mass is 16.4. The molecule has 1 aliphatic rings. The van der Waals surface area contributed by atoms with Gasteiger partial charge in [0.2, 0.25) is 5.91 Å². The van der Waals surface area contributed by atoms with Gasteiger partial charge in [-0.1, -0.05) is 18.2 Å². The van der Waals surface area contributed by atoms with Crippen molar-refractivity contribution in [2.24, 2.45) is 0 Å². The Hall–Kier alpha value is -2.34. The van der Waals surface area contributed by atoms with Crippen LogP contribution in [0.1, 0.15) is 54.2 Å². The Morgan fingerprint density at radius 2 is 2.08 bits per heavy atom. The fourth-order valence-corrected chi connectivity index (χ4v) is 4.01. The van der Waals surface area contributed by atoms with E-state index in [-0.39, 0.29) is 17.4 Å². The van der Waals surface area contributed by atoms with Gasteiger partial charge in [0.25, 0.3) is 0 Å². The number of carbonyl (C=O) groups excluding carboxylic acids is 2.